The molecule has 1 aliphatic heterocycles. The zero-order valence-electron chi connectivity index (χ0n) is 14.6. The summed E-state index contributed by atoms with van der Waals surface area (Å²) >= 11 is 0. The van der Waals surface area contributed by atoms with E-state index in [9.17, 15) is 0 Å². The Morgan fingerprint density at radius 2 is 2.00 bits per heavy atom. The zero-order chi connectivity index (χ0) is 17.6. The first kappa shape index (κ1) is 16.7. The van der Waals surface area contributed by atoms with E-state index in [1.807, 2.05) is 42.5 Å². The van der Waals surface area contributed by atoms with Crippen molar-refractivity contribution in [1.29, 1.82) is 0 Å². The highest BCUT2D eigenvalue weighted by Gasteiger charge is 2.14. The number of anilines is 1. The Morgan fingerprint density at radius 1 is 1.08 bits per heavy atom. The average molecular weight is 350 g/mol. The number of nitrogens with zero attached hydrogens (tertiary/aromatic N) is 3. The quantitative estimate of drug-likeness (QED) is 0.731. The molecule has 1 aromatic carbocycles. The first-order valence-electron chi connectivity index (χ1n) is 9.05. The highest BCUT2D eigenvalue weighted by Crippen LogP contribution is 2.19. The second-order valence-corrected chi connectivity index (χ2v) is 6.48. The van der Waals surface area contributed by atoms with Gasteiger partial charge in [0.25, 0.3) is 5.89 Å². The third-order valence-corrected chi connectivity index (χ3v) is 4.47. The van der Waals surface area contributed by atoms with Gasteiger partial charge in [-0.3, -0.25) is 0 Å². The lowest BCUT2D eigenvalue weighted by Crippen LogP contribution is -2.27. The Bertz CT molecular complexity index is 811. The number of aromatic nitrogens is 3. The molecule has 1 atom stereocenters. The summed E-state index contributed by atoms with van der Waals surface area (Å²) < 4.78 is 11.1. The van der Waals surface area contributed by atoms with Crippen molar-refractivity contribution < 1.29 is 9.26 Å². The molecular weight excluding hydrogens is 328 g/mol. The molecule has 3 aromatic rings. The van der Waals surface area contributed by atoms with E-state index in [4.69, 9.17) is 9.26 Å². The summed E-state index contributed by atoms with van der Waals surface area (Å²) in [6.07, 6.45) is 6.20. The molecule has 26 heavy (non-hydrogen) atoms. The molecule has 134 valence electrons. The largest absolute Gasteiger partial charge is 0.376 e. The van der Waals surface area contributed by atoms with E-state index in [0.29, 0.717) is 18.1 Å². The molecule has 1 N–H and O–H groups in total. The van der Waals surface area contributed by atoms with E-state index >= 15 is 0 Å². The monoisotopic (exact) mass is 350 g/mol. The fourth-order valence-corrected chi connectivity index (χ4v) is 3.03. The molecule has 0 aliphatic carbocycles. The minimum absolute atomic E-state index is 0.279. The van der Waals surface area contributed by atoms with Gasteiger partial charge in [0.2, 0.25) is 0 Å². The third-order valence-electron chi connectivity index (χ3n) is 4.47. The molecule has 2 aromatic heterocycles. The first-order chi connectivity index (χ1) is 12.9. The fraction of sp³-hybridized carbons (Fsp3) is 0.350. The predicted octanol–water partition coefficient (Wildman–Crippen LogP) is 3.70. The molecule has 0 bridgehead atoms. The van der Waals surface area contributed by atoms with Crippen LogP contribution in [0.3, 0.4) is 0 Å². The van der Waals surface area contributed by atoms with Crippen molar-refractivity contribution in [3.8, 4) is 11.5 Å². The maximum atomic E-state index is 5.72. The van der Waals surface area contributed by atoms with Crippen LogP contribution in [0.5, 0.6) is 0 Å². The van der Waals surface area contributed by atoms with E-state index < -0.39 is 0 Å². The molecule has 1 aliphatic rings. The van der Waals surface area contributed by atoms with Crippen LogP contribution in [0, 0.1) is 0 Å². The molecule has 4 rings (SSSR count). The summed E-state index contributed by atoms with van der Waals surface area (Å²) in [6.45, 7) is 1.65. The third kappa shape index (κ3) is 4.26. The van der Waals surface area contributed by atoms with Gasteiger partial charge in [0.05, 0.1) is 11.7 Å². The summed E-state index contributed by atoms with van der Waals surface area (Å²) in [5.74, 6) is 1.99. The molecule has 0 amide bonds. The summed E-state index contributed by atoms with van der Waals surface area (Å²) in [4.78, 5) is 8.90. The summed E-state index contributed by atoms with van der Waals surface area (Å²) in [7, 11) is 0. The Hall–Kier alpha value is -2.73. The van der Waals surface area contributed by atoms with Crippen LogP contribution in [0.25, 0.3) is 11.5 Å². The Kier molecular flexibility index (Phi) is 5.21. The maximum Gasteiger partial charge on any atom is 0.259 e. The summed E-state index contributed by atoms with van der Waals surface area (Å²) in [5.41, 5.74) is 1.97. The number of hydrogen-bond donors (Lipinski definition) is 1. The number of pyridine rings is 1. The van der Waals surface area contributed by atoms with Gasteiger partial charge in [-0.25, -0.2) is 4.98 Å². The van der Waals surface area contributed by atoms with Crippen LogP contribution in [0.15, 0.2) is 53.2 Å². The van der Waals surface area contributed by atoms with Crippen molar-refractivity contribution in [1.82, 2.24) is 15.1 Å². The van der Waals surface area contributed by atoms with Gasteiger partial charge in [0.1, 0.15) is 5.82 Å². The van der Waals surface area contributed by atoms with E-state index in [-0.39, 0.29) is 6.10 Å². The van der Waals surface area contributed by atoms with Crippen molar-refractivity contribution in [3.05, 3.63) is 60.0 Å². The second kappa shape index (κ2) is 8.10. The number of rotatable bonds is 6. The lowest BCUT2D eigenvalue weighted by atomic mass is 10.1. The van der Waals surface area contributed by atoms with Crippen molar-refractivity contribution in [3.63, 3.8) is 0 Å². The summed E-state index contributed by atoms with van der Waals surface area (Å²) in [6, 6.07) is 14.0. The van der Waals surface area contributed by atoms with Crippen LogP contribution in [-0.4, -0.2) is 34.4 Å². The molecule has 0 radical (unpaired) electrons. The highest BCUT2D eigenvalue weighted by molar-refractivity contribution is 5.54. The Labute approximate surface area is 152 Å². The van der Waals surface area contributed by atoms with Gasteiger partial charge in [-0.05, 0) is 37.0 Å². The molecule has 3 heterocycles. The molecular formula is C20H22N4O2. The Morgan fingerprint density at radius 3 is 2.77 bits per heavy atom. The smallest absolute Gasteiger partial charge is 0.259 e. The number of nitrogens with one attached hydrogen (secondary N) is 1. The van der Waals surface area contributed by atoms with Crippen molar-refractivity contribution in [2.24, 2.45) is 0 Å². The topological polar surface area (TPSA) is 73.1 Å². The standard InChI is InChI=1S/C20H22N4O2/c1-2-6-15(7-3-1)12-19-23-20(26-24-19)16-9-10-18(21-13-16)22-14-17-8-4-5-11-25-17/h1-3,6-7,9-10,13,17H,4-5,8,11-12,14H2,(H,21,22)/t17-/m0/s1. The Balaban J connectivity index is 1.36. The SMILES string of the molecule is c1ccc(Cc2noc(-c3ccc(NC[C@@H]4CCCCO4)nc3)n2)cc1. The number of benzene rings is 1. The zero-order valence-corrected chi connectivity index (χ0v) is 14.6. The number of hydrogen-bond acceptors (Lipinski definition) is 6. The van der Waals surface area contributed by atoms with Crippen LogP contribution in [0.4, 0.5) is 5.82 Å². The minimum atomic E-state index is 0.279. The van der Waals surface area contributed by atoms with Crippen LogP contribution < -0.4 is 5.32 Å². The molecule has 6 heteroatoms. The fourth-order valence-electron chi connectivity index (χ4n) is 3.03. The second-order valence-electron chi connectivity index (χ2n) is 6.48. The van der Waals surface area contributed by atoms with E-state index in [0.717, 1.165) is 36.5 Å². The predicted molar refractivity (Wildman–Crippen MR) is 98.9 cm³/mol. The van der Waals surface area contributed by atoms with Crippen molar-refractivity contribution in [2.45, 2.75) is 31.8 Å². The highest BCUT2D eigenvalue weighted by atomic mass is 16.5. The van der Waals surface area contributed by atoms with Gasteiger partial charge < -0.3 is 14.6 Å². The van der Waals surface area contributed by atoms with Gasteiger partial charge in [-0.1, -0.05) is 35.5 Å². The van der Waals surface area contributed by atoms with Gasteiger partial charge in [0, 0.05) is 25.8 Å². The lowest BCUT2D eigenvalue weighted by Gasteiger charge is -2.22. The van der Waals surface area contributed by atoms with Gasteiger partial charge in [0.15, 0.2) is 5.82 Å². The van der Waals surface area contributed by atoms with Crippen LogP contribution >= 0.6 is 0 Å². The molecule has 1 fully saturated rings. The average Bonchev–Trinajstić information content (AvgIpc) is 3.17. The number of ether oxygens (including phenoxy) is 1. The van der Waals surface area contributed by atoms with Crippen LogP contribution in [0.1, 0.15) is 30.7 Å². The van der Waals surface area contributed by atoms with E-state index in [1.54, 1.807) is 6.20 Å². The maximum absolute atomic E-state index is 5.72. The summed E-state index contributed by atoms with van der Waals surface area (Å²) in [5, 5.41) is 7.39. The van der Waals surface area contributed by atoms with Gasteiger partial charge >= 0.3 is 0 Å². The normalized spacial score (nSPS) is 17.2. The molecule has 0 saturated carbocycles. The molecule has 6 nitrogen and oxygen atoms in total. The van der Waals surface area contributed by atoms with Crippen molar-refractivity contribution in [2.75, 3.05) is 18.5 Å². The molecule has 0 spiro atoms. The molecule has 1 saturated heterocycles. The van der Waals surface area contributed by atoms with E-state index in [1.165, 1.54) is 12.8 Å². The minimum Gasteiger partial charge on any atom is -0.376 e. The van der Waals surface area contributed by atoms with Crippen LogP contribution in [0.2, 0.25) is 0 Å². The van der Waals surface area contributed by atoms with Crippen LogP contribution in [-0.2, 0) is 11.2 Å². The van der Waals surface area contributed by atoms with Gasteiger partial charge in [-0.15, -0.1) is 0 Å². The van der Waals surface area contributed by atoms with E-state index in [2.05, 4.69) is 20.4 Å². The first-order valence-corrected chi connectivity index (χ1v) is 9.05. The lowest BCUT2D eigenvalue weighted by molar-refractivity contribution is 0.0247. The van der Waals surface area contributed by atoms with Crippen molar-refractivity contribution >= 4 is 5.82 Å². The van der Waals surface area contributed by atoms with Gasteiger partial charge in [-0.2, -0.15) is 4.98 Å². The molecule has 0 unspecified atom stereocenters.